The zero-order valence-corrected chi connectivity index (χ0v) is 17.2. The summed E-state index contributed by atoms with van der Waals surface area (Å²) >= 11 is 7.26. The lowest BCUT2D eigenvalue weighted by atomic mass is 10.3. The third-order valence-corrected chi connectivity index (χ3v) is 7.32. The van der Waals surface area contributed by atoms with E-state index in [1.165, 1.54) is 27.8 Å². The predicted molar refractivity (Wildman–Crippen MR) is 108 cm³/mol. The molecule has 9 nitrogen and oxygen atoms in total. The predicted octanol–water partition coefficient (Wildman–Crippen LogP) is 3.17. The molecule has 1 aromatic carbocycles. The van der Waals surface area contributed by atoms with Crippen LogP contribution in [0.5, 0.6) is 0 Å². The summed E-state index contributed by atoms with van der Waals surface area (Å²) < 4.78 is 33.1. The summed E-state index contributed by atoms with van der Waals surface area (Å²) in [7, 11) is -3.96. The summed E-state index contributed by atoms with van der Waals surface area (Å²) in [5, 5.41) is 15.4. The molecule has 12 heteroatoms. The molecule has 1 fully saturated rings. The summed E-state index contributed by atoms with van der Waals surface area (Å²) in [5.41, 5.74) is 3.16. The van der Waals surface area contributed by atoms with Crippen LogP contribution < -0.4 is 5.43 Å². The van der Waals surface area contributed by atoms with Gasteiger partial charge in [0.15, 0.2) is 0 Å². The molecular formula is C16H17ClN4O5S2. The van der Waals surface area contributed by atoms with Crippen LogP contribution in [-0.2, 0) is 14.8 Å². The average molecular weight is 445 g/mol. The Balaban J connectivity index is 1.97. The van der Waals surface area contributed by atoms with Crippen molar-refractivity contribution in [2.75, 3.05) is 31.7 Å². The number of benzene rings is 1. The molecule has 0 spiro atoms. The van der Waals surface area contributed by atoms with Crippen LogP contribution in [0.1, 0.15) is 11.8 Å². The smallest absolute Gasteiger partial charge is 0.270 e. The van der Waals surface area contributed by atoms with Gasteiger partial charge >= 0.3 is 0 Å². The van der Waals surface area contributed by atoms with Gasteiger partial charge in [-0.15, -0.1) is 11.3 Å². The van der Waals surface area contributed by atoms with Crippen molar-refractivity contribution in [1.82, 2.24) is 4.31 Å². The largest absolute Gasteiger partial charge is 0.379 e. The van der Waals surface area contributed by atoms with Crippen LogP contribution >= 0.6 is 22.9 Å². The lowest BCUT2D eigenvalue weighted by molar-refractivity contribution is -0.385. The van der Waals surface area contributed by atoms with Crippen molar-refractivity contribution in [3.05, 3.63) is 49.7 Å². The fourth-order valence-corrected chi connectivity index (χ4v) is 5.12. The molecule has 1 aliphatic heterocycles. The van der Waals surface area contributed by atoms with Crippen molar-refractivity contribution in [3.63, 3.8) is 0 Å². The monoisotopic (exact) mass is 444 g/mol. The van der Waals surface area contributed by atoms with Crippen molar-refractivity contribution in [2.24, 2.45) is 5.10 Å². The lowest BCUT2D eigenvalue weighted by Gasteiger charge is -2.26. The highest BCUT2D eigenvalue weighted by Crippen LogP contribution is 2.30. The van der Waals surface area contributed by atoms with E-state index in [1.54, 1.807) is 19.1 Å². The number of nitrogens with one attached hydrogen (secondary N) is 1. The van der Waals surface area contributed by atoms with Gasteiger partial charge in [-0.3, -0.25) is 15.5 Å². The molecule has 0 aliphatic carbocycles. The number of nitrogens with zero attached hydrogens (tertiary/aromatic N) is 3. The third kappa shape index (κ3) is 4.50. The number of anilines is 1. The maximum Gasteiger partial charge on any atom is 0.270 e. The molecular weight excluding hydrogens is 428 g/mol. The molecule has 0 bridgehead atoms. The molecule has 1 aliphatic rings. The standard InChI is InChI=1S/C16H17ClN4O5S2/c1-11(14-4-5-16(17)27-14)18-19-13-3-2-12(21(22)23)10-15(13)28(24,25)20-6-8-26-9-7-20/h2-5,10,19H,6-9H2,1H3. The Kier molecular flexibility index (Phi) is 6.30. The van der Waals surface area contributed by atoms with Gasteiger partial charge in [-0.05, 0) is 25.1 Å². The Morgan fingerprint density at radius 3 is 2.64 bits per heavy atom. The van der Waals surface area contributed by atoms with E-state index in [9.17, 15) is 18.5 Å². The Morgan fingerprint density at radius 1 is 1.32 bits per heavy atom. The number of nitro benzene ring substituents is 1. The number of ether oxygens (including phenoxy) is 1. The highest BCUT2D eigenvalue weighted by molar-refractivity contribution is 7.89. The minimum Gasteiger partial charge on any atom is -0.379 e. The number of non-ortho nitro benzene ring substituents is 1. The zero-order valence-electron chi connectivity index (χ0n) is 14.8. The number of halogens is 1. The molecule has 2 aromatic rings. The van der Waals surface area contributed by atoms with Crippen LogP contribution in [0.4, 0.5) is 11.4 Å². The maximum absolute atomic E-state index is 13.0. The van der Waals surface area contributed by atoms with Crippen LogP contribution in [-0.4, -0.2) is 49.7 Å². The molecule has 150 valence electrons. The quantitative estimate of drug-likeness (QED) is 0.415. The SMILES string of the molecule is CC(=NNc1ccc([N+](=O)[O-])cc1S(=O)(=O)N1CCOCC1)c1ccc(Cl)s1. The number of hydrogen-bond donors (Lipinski definition) is 1. The molecule has 1 aromatic heterocycles. The summed E-state index contributed by atoms with van der Waals surface area (Å²) in [6.07, 6.45) is 0. The lowest BCUT2D eigenvalue weighted by Crippen LogP contribution is -2.40. The summed E-state index contributed by atoms with van der Waals surface area (Å²) in [6, 6.07) is 7.15. The molecule has 0 amide bonds. The van der Waals surface area contributed by atoms with Crippen molar-refractivity contribution in [3.8, 4) is 0 Å². The number of morpholine rings is 1. The molecule has 1 N–H and O–H groups in total. The van der Waals surface area contributed by atoms with Gasteiger partial charge < -0.3 is 4.74 Å². The average Bonchev–Trinajstić information content (AvgIpc) is 3.13. The first-order valence-electron chi connectivity index (χ1n) is 8.21. The fraction of sp³-hybridized carbons (Fsp3) is 0.312. The first-order valence-corrected chi connectivity index (χ1v) is 10.8. The third-order valence-electron chi connectivity index (χ3n) is 4.04. The molecule has 3 rings (SSSR count). The Hall–Kier alpha value is -2.05. The van der Waals surface area contributed by atoms with E-state index >= 15 is 0 Å². The first-order chi connectivity index (χ1) is 13.3. The van der Waals surface area contributed by atoms with E-state index in [0.717, 1.165) is 10.9 Å². The van der Waals surface area contributed by atoms with E-state index in [2.05, 4.69) is 10.5 Å². The Labute approximate surface area is 170 Å². The van der Waals surface area contributed by atoms with Gasteiger partial charge in [0.1, 0.15) is 4.90 Å². The molecule has 1 saturated heterocycles. The number of thiophene rings is 1. The molecule has 0 saturated carbocycles. The minimum absolute atomic E-state index is 0.152. The number of sulfonamides is 1. The van der Waals surface area contributed by atoms with E-state index < -0.39 is 14.9 Å². The number of nitro groups is 1. The van der Waals surface area contributed by atoms with E-state index in [1.807, 2.05) is 0 Å². The summed E-state index contributed by atoms with van der Waals surface area (Å²) in [4.78, 5) is 11.1. The van der Waals surface area contributed by atoms with Crippen LogP contribution in [0.3, 0.4) is 0 Å². The van der Waals surface area contributed by atoms with Gasteiger partial charge in [-0.25, -0.2) is 8.42 Å². The topological polar surface area (TPSA) is 114 Å². The Morgan fingerprint density at radius 2 is 2.04 bits per heavy atom. The van der Waals surface area contributed by atoms with Gasteiger partial charge in [0.2, 0.25) is 10.0 Å². The van der Waals surface area contributed by atoms with Crippen molar-refractivity contribution in [2.45, 2.75) is 11.8 Å². The zero-order chi connectivity index (χ0) is 20.3. The highest BCUT2D eigenvalue weighted by atomic mass is 35.5. The molecule has 0 unspecified atom stereocenters. The normalized spacial score (nSPS) is 16.1. The van der Waals surface area contributed by atoms with Crippen molar-refractivity contribution >= 4 is 50.0 Å². The van der Waals surface area contributed by atoms with Crippen molar-refractivity contribution in [1.29, 1.82) is 0 Å². The Bertz CT molecular complexity index is 1020. The van der Waals surface area contributed by atoms with Crippen molar-refractivity contribution < 1.29 is 18.1 Å². The number of rotatable bonds is 6. The second-order valence-electron chi connectivity index (χ2n) is 5.87. The minimum atomic E-state index is -3.96. The van der Waals surface area contributed by atoms with Gasteiger partial charge in [0.05, 0.1) is 38.7 Å². The summed E-state index contributed by atoms with van der Waals surface area (Å²) in [6.45, 7) is 2.65. The molecule has 0 atom stereocenters. The number of hydrogen-bond acceptors (Lipinski definition) is 8. The molecule has 0 radical (unpaired) electrons. The summed E-state index contributed by atoms with van der Waals surface area (Å²) in [5.74, 6) is 0. The van der Waals surface area contributed by atoms with Crippen LogP contribution in [0.2, 0.25) is 4.34 Å². The van der Waals surface area contributed by atoms with Crippen LogP contribution in [0, 0.1) is 10.1 Å². The van der Waals surface area contributed by atoms with E-state index in [4.69, 9.17) is 16.3 Å². The highest BCUT2D eigenvalue weighted by Gasteiger charge is 2.30. The maximum atomic E-state index is 13.0. The first kappa shape index (κ1) is 20.7. The van der Waals surface area contributed by atoms with Gasteiger partial charge in [0, 0.05) is 25.2 Å². The van der Waals surface area contributed by atoms with Gasteiger partial charge in [0.25, 0.3) is 5.69 Å². The molecule has 2 heterocycles. The number of hydrazone groups is 1. The fourth-order valence-electron chi connectivity index (χ4n) is 2.56. The van der Waals surface area contributed by atoms with Gasteiger partial charge in [-0.2, -0.15) is 9.41 Å². The van der Waals surface area contributed by atoms with Gasteiger partial charge in [-0.1, -0.05) is 11.6 Å². The van der Waals surface area contributed by atoms with E-state index in [0.29, 0.717) is 10.0 Å². The second kappa shape index (κ2) is 8.53. The molecule has 28 heavy (non-hydrogen) atoms. The second-order valence-corrected chi connectivity index (χ2v) is 9.49. The van der Waals surface area contributed by atoms with E-state index in [-0.39, 0.29) is 42.6 Å². The van der Waals surface area contributed by atoms with Crippen LogP contribution in [0.25, 0.3) is 0 Å². The van der Waals surface area contributed by atoms with Crippen LogP contribution in [0.15, 0.2) is 40.3 Å².